The molecule has 6 heteroatoms. The van der Waals surface area contributed by atoms with Gasteiger partial charge in [0.2, 0.25) is 0 Å². The summed E-state index contributed by atoms with van der Waals surface area (Å²) in [5.41, 5.74) is 5.19. The monoisotopic (exact) mass is 233 g/mol. The summed E-state index contributed by atoms with van der Waals surface area (Å²) >= 11 is 0. The minimum absolute atomic E-state index is 0.170. The Balaban J connectivity index is 2.90. The molecule has 88 valence electrons. The molecule has 0 radical (unpaired) electrons. The van der Waals surface area contributed by atoms with Crippen LogP contribution < -0.4 is 5.73 Å². The lowest BCUT2D eigenvalue weighted by Crippen LogP contribution is -2.34. The van der Waals surface area contributed by atoms with Gasteiger partial charge in [0.15, 0.2) is 17.5 Å². The minimum atomic E-state index is -1.57. The summed E-state index contributed by atoms with van der Waals surface area (Å²) in [6.07, 6.45) is -0.254. The Bertz CT molecular complexity index is 409. The molecule has 0 bridgehead atoms. The normalized spacial score (nSPS) is 12.3. The van der Waals surface area contributed by atoms with Crippen LogP contribution in [0.4, 0.5) is 13.2 Å². The van der Waals surface area contributed by atoms with Crippen molar-refractivity contribution < 1.29 is 22.7 Å². The molecule has 0 unspecified atom stereocenters. The van der Waals surface area contributed by atoms with Gasteiger partial charge in [0.25, 0.3) is 0 Å². The van der Waals surface area contributed by atoms with Crippen LogP contribution in [0.5, 0.6) is 0 Å². The molecule has 0 spiro atoms. The minimum Gasteiger partial charge on any atom is -0.468 e. The summed E-state index contributed by atoms with van der Waals surface area (Å²) in [5, 5.41) is 0. The SMILES string of the molecule is COC(=O)[C@H](N)Cc1ccc(F)c(F)c1F. The summed E-state index contributed by atoms with van der Waals surface area (Å²) in [6, 6.07) is 0.707. The number of benzene rings is 1. The summed E-state index contributed by atoms with van der Waals surface area (Å²) < 4.78 is 42.9. The number of hydrogen-bond acceptors (Lipinski definition) is 3. The predicted octanol–water partition coefficient (Wildman–Crippen LogP) is 1.15. The molecule has 16 heavy (non-hydrogen) atoms. The third kappa shape index (κ3) is 2.52. The highest BCUT2D eigenvalue weighted by Crippen LogP contribution is 2.16. The molecule has 0 saturated carbocycles. The van der Waals surface area contributed by atoms with Crippen LogP contribution in [-0.4, -0.2) is 19.1 Å². The Morgan fingerprint density at radius 2 is 2.00 bits per heavy atom. The lowest BCUT2D eigenvalue weighted by molar-refractivity contribution is -0.142. The molecule has 1 rings (SSSR count). The highest BCUT2D eigenvalue weighted by atomic mass is 19.2. The van der Waals surface area contributed by atoms with Crippen molar-refractivity contribution in [3.05, 3.63) is 35.1 Å². The smallest absolute Gasteiger partial charge is 0.322 e. The van der Waals surface area contributed by atoms with Gasteiger partial charge in [-0.25, -0.2) is 13.2 Å². The largest absolute Gasteiger partial charge is 0.468 e. The Morgan fingerprint density at radius 3 is 2.56 bits per heavy atom. The molecule has 1 aromatic carbocycles. The molecule has 0 amide bonds. The molecule has 0 fully saturated rings. The molecule has 3 nitrogen and oxygen atoms in total. The topological polar surface area (TPSA) is 52.3 Å². The highest BCUT2D eigenvalue weighted by molar-refractivity contribution is 5.75. The molecule has 1 atom stereocenters. The number of esters is 1. The van der Waals surface area contributed by atoms with Crippen LogP contribution in [0.15, 0.2) is 12.1 Å². The summed E-state index contributed by atoms with van der Waals surface area (Å²) in [4.78, 5) is 10.9. The van der Waals surface area contributed by atoms with Crippen LogP contribution >= 0.6 is 0 Å². The molecular formula is C10H10F3NO2. The van der Waals surface area contributed by atoms with Gasteiger partial charge < -0.3 is 10.5 Å². The van der Waals surface area contributed by atoms with Gasteiger partial charge in [-0.1, -0.05) is 6.07 Å². The molecule has 0 aromatic heterocycles. The summed E-state index contributed by atoms with van der Waals surface area (Å²) in [7, 11) is 1.13. The standard InChI is InChI=1S/C10H10F3NO2/c1-16-10(15)7(14)4-5-2-3-6(11)9(13)8(5)12/h2-3,7H,4,14H2,1H3/t7-/m1/s1. The van der Waals surface area contributed by atoms with Crippen molar-refractivity contribution in [2.24, 2.45) is 5.73 Å². The third-order valence-electron chi connectivity index (χ3n) is 2.06. The van der Waals surface area contributed by atoms with Gasteiger partial charge in [0.05, 0.1) is 7.11 Å². The summed E-state index contributed by atoms with van der Waals surface area (Å²) in [6.45, 7) is 0. The van der Waals surface area contributed by atoms with E-state index in [9.17, 15) is 18.0 Å². The van der Waals surface area contributed by atoms with Gasteiger partial charge in [-0.2, -0.15) is 0 Å². The van der Waals surface area contributed by atoms with Crippen molar-refractivity contribution in [1.82, 2.24) is 0 Å². The van der Waals surface area contributed by atoms with Crippen molar-refractivity contribution in [3.8, 4) is 0 Å². The van der Waals surface area contributed by atoms with Crippen LogP contribution in [0.1, 0.15) is 5.56 Å². The molecular weight excluding hydrogens is 223 g/mol. The maximum Gasteiger partial charge on any atom is 0.322 e. The number of nitrogens with two attached hydrogens (primary N) is 1. The van der Waals surface area contributed by atoms with E-state index in [-0.39, 0.29) is 12.0 Å². The lowest BCUT2D eigenvalue weighted by atomic mass is 10.1. The van der Waals surface area contributed by atoms with E-state index in [2.05, 4.69) is 4.74 Å². The molecule has 0 saturated heterocycles. The van der Waals surface area contributed by atoms with E-state index in [0.717, 1.165) is 19.2 Å². The van der Waals surface area contributed by atoms with Gasteiger partial charge >= 0.3 is 5.97 Å². The fraction of sp³-hybridized carbons (Fsp3) is 0.300. The lowest BCUT2D eigenvalue weighted by Gasteiger charge is -2.10. The zero-order valence-electron chi connectivity index (χ0n) is 8.47. The fourth-order valence-electron chi connectivity index (χ4n) is 1.20. The Kier molecular flexibility index (Phi) is 3.89. The second-order valence-electron chi connectivity index (χ2n) is 3.17. The van der Waals surface area contributed by atoms with Crippen LogP contribution in [0, 0.1) is 17.5 Å². The third-order valence-corrected chi connectivity index (χ3v) is 2.06. The molecule has 0 aliphatic heterocycles. The number of rotatable bonds is 3. The Labute approximate surface area is 90.0 Å². The van der Waals surface area contributed by atoms with E-state index in [0.29, 0.717) is 0 Å². The average Bonchev–Trinajstić information content (AvgIpc) is 2.28. The second kappa shape index (κ2) is 4.98. The maximum absolute atomic E-state index is 13.2. The number of ether oxygens (including phenoxy) is 1. The van der Waals surface area contributed by atoms with Crippen molar-refractivity contribution in [2.45, 2.75) is 12.5 Å². The molecule has 0 heterocycles. The van der Waals surface area contributed by atoms with E-state index in [4.69, 9.17) is 5.73 Å². The van der Waals surface area contributed by atoms with E-state index < -0.39 is 29.5 Å². The van der Waals surface area contributed by atoms with Gasteiger partial charge in [-0.3, -0.25) is 4.79 Å². The molecule has 2 N–H and O–H groups in total. The number of methoxy groups -OCH3 is 1. The first-order valence-electron chi connectivity index (χ1n) is 4.43. The van der Waals surface area contributed by atoms with Crippen molar-refractivity contribution >= 4 is 5.97 Å². The first kappa shape index (κ1) is 12.5. The average molecular weight is 233 g/mol. The van der Waals surface area contributed by atoms with Crippen molar-refractivity contribution in [2.75, 3.05) is 7.11 Å². The number of carbonyl (C=O) groups is 1. The van der Waals surface area contributed by atoms with Crippen LogP contribution in [0.3, 0.4) is 0 Å². The first-order chi connectivity index (χ1) is 7.47. The quantitative estimate of drug-likeness (QED) is 0.629. The van der Waals surface area contributed by atoms with Crippen LogP contribution in [-0.2, 0) is 16.0 Å². The van der Waals surface area contributed by atoms with Crippen LogP contribution in [0.25, 0.3) is 0 Å². The van der Waals surface area contributed by atoms with Gasteiger partial charge in [0, 0.05) is 6.42 Å². The number of hydrogen-bond donors (Lipinski definition) is 1. The zero-order valence-corrected chi connectivity index (χ0v) is 8.47. The fourth-order valence-corrected chi connectivity index (χ4v) is 1.20. The Morgan fingerprint density at radius 1 is 1.38 bits per heavy atom. The van der Waals surface area contributed by atoms with E-state index in [1.54, 1.807) is 0 Å². The van der Waals surface area contributed by atoms with Gasteiger partial charge in [-0.05, 0) is 11.6 Å². The number of carbonyl (C=O) groups excluding carboxylic acids is 1. The number of halogens is 3. The van der Waals surface area contributed by atoms with Crippen molar-refractivity contribution in [1.29, 1.82) is 0 Å². The summed E-state index contributed by atoms with van der Waals surface area (Å²) in [5.74, 6) is -4.94. The van der Waals surface area contributed by atoms with Crippen LogP contribution in [0.2, 0.25) is 0 Å². The van der Waals surface area contributed by atoms with Crippen molar-refractivity contribution in [3.63, 3.8) is 0 Å². The molecule has 0 aliphatic carbocycles. The van der Waals surface area contributed by atoms with Gasteiger partial charge in [-0.15, -0.1) is 0 Å². The molecule has 1 aromatic rings. The predicted molar refractivity (Wildman–Crippen MR) is 50.0 cm³/mol. The first-order valence-corrected chi connectivity index (χ1v) is 4.43. The Hall–Kier alpha value is -1.56. The van der Waals surface area contributed by atoms with E-state index in [1.165, 1.54) is 0 Å². The maximum atomic E-state index is 13.2. The van der Waals surface area contributed by atoms with E-state index >= 15 is 0 Å². The van der Waals surface area contributed by atoms with E-state index in [1.807, 2.05) is 0 Å². The highest BCUT2D eigenvalue weighted by Gasteiger charge is 2.19. The molecule has 0 aliphatic rings. The zero-order chi connectivity index (χ0) is 12.3. The second-order valence-corrected chi connectivity index (χ2v) is 3.17. The van der Waals surface area contributed by atoms with Gasteiger partial charge in [0.1, 0.15) is 6.04 Å².